The molecule has 4 N–H and O–H groups in total. The lowest BCUT2D eigenvalue weighted by atomic mass is 10.1. The summed E-state index contributed by atoms with van der Waals surface area (Å²) < 4.78 is 14.1. The third-order valence-corrected chi connectivity index (χ3v) is 3.67. The maximum atomic E-state index is 14.1. The predicted octanol–water partition coefficient (Wildman–Crippen LogP) is 0.565. The Hall–Kier alpha value is -2.31. The van der Waals surface area contributed by atoms with Gasteiger partial charge in [-0.2, -0.15) is 0 Å². The van der Waals surface area contributed by atoms with Gasteiger partial charge in [0.25, 0.3) is 5.91 Å². The summed E-state index contributed by atoms with van der Waals surface area (Å²) in [4.78, 5) is 26.3. The molecule has 0 atom stereocenters. The molecule has 0 saturated carbocycles. The standard InChI is InChI=1S/C14H19FN4O2/c1-9(20)18-3-2-4-19(6-5-18)13-7-10(14(17)21)12(16)8-11(13)15/h7-8H,2-6,16H2,1H3,(H2,17,21). The van der Waals surface area contributed by atoms with E-state index < -0.39 is 11.7 Å². The van der Waals surface area contributed by atoms with Crippen LogP contribution >= 0.6 is 0 Å². The van der Waals surface area contributed by atoms with Crippen LogP contribution in [-0.2, 0) is 4.79 Å². The molecule has 0 bridgehead atoms. The van der Waals surface area contributed by atoms with Crippen molar-refractivity contribution in [2.45, 2.75) is 13.3 Å². The van der Waals surface area contributed by atoms with Crippen LogP contribution in [0.1, 0.15) is 23.7 Å². The van der Waals surface area contributed by atoms with Crippen LogP contribution in [-0.4, -0.2) is 42.9 Å². The van der Waals surface area contributed by atoms with Crippen LogP contribution in [0.2, 0.25) is 0 Å². The lowest BCUT2D eigenvalue weighted by molar-refractivity contribution is -0.128. The van der Waals surface area contributed by atoms with Gasteiger partial charge in [0.2, 0.25) is 5.91 Å². The summed E-state index contributed by atoms with van der Waals surface area (Å²) in [7, 11) is 0. The molecule has 2 amide bonds. The smallest absolute Gasteiger partial charge is 0.250 e. The highest BCUT2D eigenvalue weighted by Gasteiger charge is 2.21. The maximum absolute atomic E-state index is 14.1. The van der Waals surface area contributed by atoms with E-state index in [0.29, 0.717) is 31.9 Å². The van der Waals surface area contributed by atoms with Crippen molar-refractivity contribution in [2.75, 3.05) is 36.8 Å². The van der Waals surface area contributed by atoms with Gasteiger partial charge in [0.1, 0.15) is 5.82 Å². The Bertz CT molecular complexity index is 576. The van der Waals surface area contributed by atoms with E-state index in [4.69, 9.17) is 11.5 Å². The average Bonchev–Trinajstić information content (AvgIpc) is 2.64. The van der Waals surface area contributed by atoms with Crippen LogP contribution in [0.15, 0.2) is 12.1 Å². The molecule has 114 valence electrons. The number of halogens is 1. The lowest BCUT2D eigenvalue weighted by Crippen LogP contribution is -2.34. The number of carbonyl (C=O) groups is 2. The Morgan fingerprint density at radius 1 is 1.19 bits per heavy atom. The zero-order valence-electron chi connectivity index (χ0n) is 11.9. The van der Waals surface area contributed by atoms with Crippen LogP contribution in [0.25, 0.3) is 0 Å². The molecule has 2 rings (SSSR count). The summed E-state index contributed by atoms with van der Waals surface area (Å²) in [6.07, 6.45) is 0.731. The molecule has 21 heavy (non-hydrogen) atoms. The SMILES string of the molecule is CC(=O)N1CCCN(c2cc(C(N)=O)c(N)cc2F)CC1. The topological polar surface area (TPSA) is 92.7 Å². The number of hydrogen-bond acceptors (Lipinski definition) is 4. The van der Waals surface area contributed by atoms with Crippen molar-refractivity contribution in [3.05, 3.63) is 23.5 Å². The number of rotatable bonds is 2. The molecule has 1 heterocycles. The minimum absolute atomic E-state index is 0.00690. The molecular formula is C14H19FN4O2. The second kappa shape index (κ2) is 5.99. The summed E-state index contributed by atoms with van der Waals surface area (Å²) in [6, 6.07) is 2.50. The van der Waals surface area contributed by atoms with E-state index >= 15 is 0 Å². The molecule has 0 radical (unpaired) electrons. The minimum Gasteiger partial charge on any atom is -0.398 e. The maximum Gasteiger partial charge on any atom is 0.250 e. The van der Waals surface area contributed by atoms with Crippen LogP contribution in [0.3, 0.4) is 0 Å². The van der Waals surface area contributed by atoms with Gasteiger partial charge in [0.15, 0.2) is 0 Å². The molecular weight excluding hydrogens is 275 g/mol. The van der Waals surface area contributed by atoms with Crippen LogP contribution in [0, 0.1) is 5.82 Å². The number of nitrogens with two attached hydrogens (primary N) is 2. The number of primary amides is 1. The first-order valence-corrected chi connectivity index (χ1v) is 6.79. The molecule has 1 aliphatic rings. The van der Waals surface area contributed by atoms with Gasteiger partial charge in [-0.25, -0.2) is 4.39 Å². The Labute approximate surface area is 122 Å². The monoisotopic (exact) mass is 294 g/mol. The zero-order chi connectivity index (χ0) is 15.6. The van der Waals surface area contributed by atoms with Crippen molar-refractivity contribution in [1.82, 2.24) is 4.90 Å². The summed E-state index contributed by atoms with van der Waals surface area (Å²) in [5.74, 6) is -1.17. The highest BCUT2D eigenvalue weighted by molar-refractivity contribution is 5.99. The fraction of sp³-hybridized carbons (Fsp3) is 0.429. The largest absolute Gasteiger partial charge is 0.398 e. The van der Waals surface area contributed by atoms with E-state index in [0.717, 1.165) is 12.5 Å². The molecule has 0 aliphatic carbocycles. The van der Waals surface area contributed by atoms with Gasteiger partial charge in [-0.15, -0.1) is 0 Å². The molecule has 0 spiro atoms. The Morgan fingerprint density at radius 2 is 1.90 bits per heavy atom. The van der Waals surface area contributed by atoms with Crippen molar-refractivity contribution in [1.29, 1.82) is 0 Å². The van der Waals surface area contributed by atoms with Crippen LogP contribution in [0.5, 0.6) is 0 Å². The molecule has 6 nitrogen and oxygen atoms in total. The molecule has 1 aromatic rings. The zero-order valence-corrected chi connectivity index (χ0v) is 11.9. The second-order valence-corrected chi connectivity index (χ2v) is 5.10. The number of hydrogen-bond donors (Lipinski definition) is 2. The van der Waals surface area contributed by atoms with Gasteiger partial charge in [-0.05, 0) is 18.6 Å². The van der Waals surface area contributed by atoms with Crippen LogP contribution in [0.4, 0.5) is 15.8 Å². The molecule has 1 aliphatic heterocycles. The summed E-state index contributed by atoms with van der Waals surface area (Å²) >= 11 is 0. The first-order chi connectivity index (χ1) is 9.90. The lowest BCUT2D eigenvalue weighted by Gasteiger charge is -2.24. The first-order valence-electron chi connectivity index (χ1n) is 6.79. The van der Waals surface area contributed by atoms with Crippen LogP contribution < -0.4 is 16.4 Å². The third-order valence-electron chi connectivity index (χ3n) is 3.67. The number of anilines is 2. The van der Waals surface area contributed by atoms with Gasteiger partial charge in [0.05, 0.1) is 11.3 Å². The fourth-order valence-corrected chi connectivity index (χ4v) is 2.51. The number of benzene rings is 1. The van der Waals surface area contributed by atoms with E-state index in [1.54, 1.807) is 4.90 Å². The first kappa shape index (κ1) is 15.1. The second-order valence-electron chi connectivity index (χ2n) is 5.10. The molecule has 7 heteroatoms. The Balaban J connectivity index is 2.27. The number of nitrogen functional groups attached to an aromatic ring is 1. The summed E-state index contributed by atoms with van der Waals surface area (Å²) in [6.45, 7) is 3.78. The molecule has 0 unspecified atom stereocenters. The summed E-state index contributed by atoms with van der Waals surface area (Å²) in [5, 5.41) is 0. The number of nitrogens with zero attached hydrogens (tertiary/aromatic N) is 2. The minimum atomic E-state index is -0.686. The summed E-state index contributed by atoms with van der Waals surface area (Å²) in [5.41, 5.74) is 11.3. The van der Waals surface area contributed by atoms with E-state index in [2.05, 4.69) is 0 Å². The van der Waals surface area contributed by atoms with Crippen molar-refractivity contribution in [2.24, 2.45) is 5.73 Å². The van der Waals surface area contributed by atoms with Crippen molar-refractivity contribution >= 4 is 23.2 Å². The number of amides is 2. The van der Waals surface area contributed by atoms with Gasteiger partial charge in [-0.3, -0.25) is 9.59 Å². The van der Waals surface area contributed by atoms with Crippen molar-refractivity contribution in [3.63, 3.8) is 0 Å². The molecule has 0 aromatic heterocycles. The highest BCUT2D eigenvalue weighted by atomic mass is 19.1. The van der Waals surface area contributed by atoms with Gasteiger partial charge < -0.3 is 21.3 Å². The number of carbonyl (C=O) groups excluding carboxylic acids is 2. The van der Waals surface area contributed by atoms with E-state index in [1.807, 2.05) is 4.90 Å². The Kier molecular flexibility index (Phi) is 4.30. The average molecular weight is 294 g/mol. The van der Waals surface area contributed by atoms with E-state index in [1.165, 1.54) is 13.0 Å². The molecule has 1 saturated heterocycles. The molecule has 1 fully saturated rings. The molecule has 1 aromatic carbocycles. The van der Waals surface area contributed by atoms with Gasteiger partial charge >= 0.3 is 0 Å². The quantitative estimate of drug-likeness (QED) is 0.780. The predicted molar refractivity (Wildman–Crippen MR) is 78.4 cm³/mol. The normalized spacial score (nSPS) is 15.7. The highest BCUT2D eigenvalue weighted by Crippen LogP contribution is 2.26. The Morgan fingerprint density at radius 3 is 2.52 bits per heavy atom. The fourth-order valence-electron chi connectivity index (χ4n) is 2.51. The van der Waals surface area contributed by atoms with E-state index in [-0.39, 0.29) is 17.2 Å². The van der Waals surface area contributed by atoms with Crippen molar-refractivity contribution < 1.29 is 14.0 Å². The van der Waals surface area contributed by atoms with Gasteiger partial charge in [-0.1, -0.05) is 0 Å². The third kappa shape index (κ3) is 3.24. The van der Waals surface area contributed by atoms with E-state index in [9.17, 15) is 14.0 Å². The van der Waals surface area contributed by atoms with Gasteiger partial charge in [0, 0.05) is 38.8 Å². The van der Waals surface area contributed by atoms with Crippen molar-refractivity contribution in [3.8, 4) is 0 Å².